The molecule has 0 spiro atoms. The molecule has 2 aliphatic heterocycles. The van der Waals surface area contributed by atoms with Gasteiger partial charge in [0.25, 0.3) is 0 Å². The summed E-state index contributed by atoms with van der Waals surface area (Å²) in [5, 5.41) is 51.2. The molecule has 1 fully saturated rings. The van der Waals surface area contributed by atoms with Gasteiger partial charge in [-0.15, -0.1) is 0 Å². The van der Waals surface area contributed by atoms with Gasteiger partial charge in [-0.25, -0.2) is 0 Å². The SMILES string of the molecule is O=C1c2cc3c(c(O)c2C(=O)c2c(O)ccc(O)c21)[C@]1(O)C[C@@H](O)OC1O3. The second kappa shape index (κ2) is 4.77. The van der Waals surface area contributed by atoms with E-state index < -0.39 is 58.1 Å². The third-order valence-corrected chi connectivity index (χ3v) is 5.18. The number of phenolic OH excluding ortho intramolecular Hbond substituents is 3. The van der Waals surface area contributed by atoms with Crippen LogP contribution in [0.1, 0.15) is 43.8 Å². The normalized spacial score (nSPS) is 27.6. The largest absolute Gasteiger partial charge is 0.507 e. The number of ketones is 2. The summed E-state index contributed by atoms with van der Waals surface area (Å²) < 4.78 is 10.5. The van der Waals surface area contributed by atoms with Gasteiger partial charge >= 0.3 is 0 Å². The molecule has 5 N–H and O–H groups in total. The number of aliphatic hydroxyl groups excluding tert-OH is 1. The summed E-state index contributed by atoms with van der Waals surface area (Å²) in [7, 11) is 0. The first kappa shape index (κ1) is 16.1. The Morgan fingerprint density at radius 2 is 1.63 bits per heavy atom. The van der Waals surface area contributed by atoms with Crippen LogP contribution in [-0.4, -0.2) is 49.7 Å². The highest BCUT2D eigenvalue weighted by atomic mass is 16.8. The number of rotatable bonds is 0. The lowest BCUT2D eigenvalue weighted by Crippen LogP contribution is -2.33. The van der Waals surface area contributed by atoms with E-state index >= 15 is 0 Å². The Hall–Kier alpha value is -3.14. The number of fused-ring (bicyclic) bond motifs is 5. The predicted octanol–water partition coefficient (Wildman–Crippen LogP) is 0.224. The van der Waals surface area contributed by atoms with Crippen molar-refractivity contribution in [1.29, 1.82) is 0 Å². The van der Waals surface area contributed by atoms with Gasteiger partial charge in [-0.1, -0.05) is 0 Å². The molecule has 2 aromatic rings. The van der Waals surface area contributed by atoms with Crippen LogP contribution in [0.15, 0.2) is 18.2 Å². The summed E-state index contributed by atoms with van der Waals surface area (Å²) in [6.07, 6.45) is -2.95. The average molecular weight is 372 g/mol. The molecule has 9 heteroatoms. The van der Waals surface area contributed by atoms with Crippen molar-refractivity contribution in [2.75, 3.05) is 0 Å². The molecule has 0 amide bonds. The van der Waals surface area contributed by atoms with Gasteiger partial charge < -0.3 is 35.0 Å². The predicted molar refractivity (Wildman–Crippen MR) is 84.8 cm³/mol. The van der Waals surface area contributed by atoms with E-state index in [1.807, 2.05) is 0 Å². The first-order chi connectivity index (χ1) is 12.7. The first-order valence-electron chi connectivity index (χ1n) is 8.01. The Morgan fingerprint density at radius 1 is 1.00 bits per heavy atom. The van der Waals surface area contributed by atoms with Crippen LogP contribution >= 0.6 is 0 Å². The number of phenols is 3. The lowest BCUT2D eigenvalue weighted by Gasteiger charge is -2.23. The molecule has 0 aromatic heterocycles. The van der Waals surface area contributed by atoms with E-state index in [2.05, 4.69) is 0 Å². The van der Waals surface area contributed by atoms with Crippen LogP contribution in [0.3, 0.4) is 0 Å². The van der Waals surface area contributed by atoms with Crippen LogP contribution in [-0.2, 0) is 10.3 Å². The number of benzene rings is 2. The van der Waals surface area contributed by atoms with Crippen LogP contribution < -0.4 is 4.74 Å². The molecule has 3 aliphatic rings. The average Bonchev–Trinajstić information content (AvgIpc) is 3.02. The zero-order chi connectivity index (χ0) is 19.2. The maximum Gasteiger partial charge on any atom is 0.235 e. The van der Waals surface area contributed by atoms with E-state index in [-0.39, 0.29) is 28.9 Å². The molecule has 9 nitrogen and oxygen atoms in total. The molecule has 27 heavy (non-hydrogen) atoms. The van der Waals surface area contributed by atoms with E-state index in [0.29, 0.717) is 0 Å². The number of carbonyl (C=O) groups is 2. The summed E-state index contributed by atoms with van der Waals surface area (Å²) in [6, 6.07) is 3.31. The number of aliphatic hydroxyl groups is 2. The van der Waals surface area contributed by atoms with Crippen molar-refractivity contribution in [1.82, 2.24) is 0 Å². The summed E-state index contributed by atoms with van der Waals surface area (Å²) in [5.41, 5.74) is -3.56. The third kappa shape index (κ3) is 1.78. The van der Waals surface area contributed by atoms with Crippen LogP contribution in [0, 0.1) is 0 Å². The van der Waals surface area contributed by atoms with E-state index in [1.54, 1.807) is 0 Å². The minimum absolute atomic E-state index is 0.0742. The fraction of sp³-hybridized carbons (Fsp3) is 0.222. The van der Waals surface area contributed by atoms with Gasteiger partial charge in [0, 0.05) is 12.0 Å². The minimum Gasteiger partial charge on any atom is -0.507 e. The maximum absolute atomic E-state index is 12.9. The van der Waals surface area contributed by atoms with Gasteiger partial charge in [0.15, 0.2) is 17.7 Å². The summed E-state index contributed by atoms with van der Waals surface area (Å²) in [4.78, 5) is 25.8. The Kier molecular flexibility index (Phi) is 2.84. The molecule has 1 saturated heterocycles. The Morgan fingerprint density at radius 3 is 2.30 bits per heavy atom. The van der Waals surface area contributed by atoms with Crippen LogP contribution in [0.25, 0.3) is 0 Å². The van der Waals surface area contributed by atoms with Crippen molar-refractivity contribution >= 4 is 11.6 Å². The van der Waals surface area contributed by atoms with Crippen LogP contribution in [0.4, 0.5) is 0 Å². The lowest BCUT2D eigenvalue weighted by molar-refractivity contribution is -0.173. The quantitative estimate of drug-likeness (QED) is 0.349. The van der Waals surface area contributed by atoms with Crippen LogP contribution in [0.2, 0.25) is 0 Å². The van der Waals surface area contributed by atoms with Crippen molar-refractivity contribution in [2.24, 2.45) is 0 Å². The first-order valence-corrected chi connectivity index (χ1v) is 8.01. The zero-order valence-electron chi connectivity index (χ0n) is 13.5. The highest BCUT2D eigenvalue weighted by molar-refractivity contribution is 6.31. The molecule has 3 atom stereocenters. The van der Waals surface area contributed by atoms with Crippen molar-refractivity contribution in [3.63, 3.8) is 0 Å². The summed E-state index contributed by atoms with van der Waals surface area (Å²) in [6.45, 7) is 0. The molecule has 0 radical (unpaired) electrons. The standard InChI is InChI=1S/C18H12O9/c19-6-1-2-7(20)12-11(6)14(22)5-3-8-13(16(24)10(5)15(12)23)18(25)4-9(21)27-17(18)26-8/h1-3,9,17,19-21,24-25H,4H2/t9-,17?,18+/m0/s1. The monoisotopic (exact) mass is 372 g/mol. The fourth-order valence-corrected chi connectivity index (χ4v) is 3.99. The Bertz CT molecular complexity index is 1070. The lowest BCUT2D eigenvalue weighted by atomic mass is 9.79. The third-order valence-electron chi connectivity index (χ3n) is 5.18. The van der Waals surface area contributed by atoms with E-state index in [0.717, 1.165) is 12.1 Å². The molecule has 5 rings (SSSR count). The molecular formula is C18H12O9. The summed E-state index contributed by atoms with van der Waals surface area (Å²) >= 11 is 0. The molecule has 0 bridgehead atoms. The molecule has 138 valence electrons. The van der Waals surface area contributed by atoms with Gasteiger partial charge in [0.1, 0.15) is 23.0 Å². The van der Waals surface area contributed by atoms with E-state index in [4.69, 9.17) is 9.47 Å². The van der Waals surface area contributed by atoms with Gasteiger partial charge in [-0.05, 0) is 18.2 Å². The van der Waals surface area contributed by atoms with Crippen molar-refractivity contribution in [3.8, 4) is 23.0 Å². The number of aromatic hydroxyl groups is 3. The van der Waals surface area contributed by atoms with Crippen molar-refractivity contribution in [2.45, 2.75) is 24.6 Å². The Labute approximate surface area is 150 Å². The Balaban J connectivity index is 1.80. The fourth-order valence-electron chi connectivity index (χ4n) is 3.99. The number of hydrogen-bond acceptors (Lipinski definition) is 9. The second-order valence-electron chi connectivity index (χ2n) is 6.70. The topological polar surface area (TPSA) is 154 Å². The van der Waals surface area contributed by atoms with Gasteiger partial charge in [-0.3, -0.25) is 9.59 Å². The van der Waals surface area contributed by atoms with Gasteiger partial charge in [-0.2, -0.15) is 0 Å². The molecular weight excluding hydrogens is 360 g/mol. The van der Waals surface area contributed by atoms with Crippen LogP contribution in [0.5, 0.6) is 23.0 Å². The van der Waals surface area contributed by atoms with Crippen molar-refractivity contribution in [3.05, 3.63) is 46.0 Å². The van der Waals surface area contributed by atoms with E-state index in [9.17, 15) is 35.1 Å². The second-order valence-corrected chi connectivity index (χ2v) is 6.70. The van der Waals surface area contributed by atoms with Gasteiger partial charge in [0.05, 0.1) is 22.3 Å². The van der Waals surface area contributed by atoms with Gasteiger partial charge in [0.2, 0.25) is 12.1 Å². The minimum atomic E-state index is -1.90. The summed E-state index contributed by atoms with van der Waals surface area (Å²) in [5.74, 6) is -3.47. The number of carbonyl (C=O) groups excluding carboxylic acids is 2. The molecule has 2 aromatic carbocycles. The number of ether oxygens (including phenoxy) is 2. The van der Waals surface area contributed by atoms with Crippen molar-refractivity contribution < 1.29 is 44.6 Å². The zero-order valence-corrected chi connectivity index (χ0v) is 13.5. The highest BCUT2D eigenvalue weighted by Gasteiger charge is 2.58. The maximum atomic E-state index is 12.9. The van der Waals surface area contributed by atoms with E-state index in [1.165, 1.54) is 6.07 Å². The molecule has 1 unspecified atom stereocenters. The molecule has 0 saturated carbocycles. The molecule has 2 heterocycles. The highest BCUT2D eigenvalue weighted by Crippen LogP contribution is 2.55. The smallest absolute Gasteiger partial charge is 0.235 e. The molecule has 1 aliphatic carbocycles. The number of hydrogen-bond donors (Lipinski definition) is 5.